The third-order valence-electron chi connectivity index (χ3n) is 1.63. The highest BCUT2D eigenvalue weighted by atomic mass is 35.5. The summed E-state index contributed by atoms with van der Waals surface area (Å²) in [4.78, 5) is 9.18. The van der Waals surface area contributed by atoms with Gasteiger partial charge in [0.05, 0.1) is 15.6 Å². The maximum Gasteiger partial charge on any atom is 0.424 e. The van der Waals surface area contributed by atoms with Gasteiger partial charge in [-0.3, -0.25) is 10.1 Å². The van der Waals surface area contributed by atoms with Crippen LogP contribution in [0.2, 0.25) is 5.02 Å². The molecule has 0 heterocycles. The average molecular weight is 241 g/mol. The summed E-state index contributed by atoms with van der Waals surface area (Å²) in [6, 6.07) is 1.62. The Morgan fingerprint density at radius 3 is 2.33 bits per heavy atom. The number of nitro benzene ring substituents is 1. The molecule has 0 aliphatic carbocycles. The van der Waals surface area contributed by atoms with E-state index in [-0.39, 0.29) is 5.69 Å². The molecular formula is C7H4ClF3N2O2. The molecule has 82 valence electrons. The predicted molar refractivity (Wildman–Crippen MR) is 47.5 cm³/mol. The minimum Gasteiger partial charge on any atom is -0.398 e. The molecule has 1 rings (SSSR count). The Morgan fingerprint density at radius 2 is 1.93 bits per heavy atom. The summed E-state index contributed by atoms with van der Waals surface area (Å²) >= 11 is 5.28. The Labute approximate surface area is 86.6 Å². The van der Waals surface area contributed by atoms with Crippen molar-refractivity contribution in [3.63, 3.8) is 0 Å². The Hall–Kier alpha value is -1.50. The van der Waals surface area contributed by atoms with Crippen molar-refractivity contribution in [2.24, 2.45) is 0 Å². The van der Waals surface area contributed by atoms with Gasteiger partial charge >= 0.3 is 6.18 Å². The summed E-state index contributed by atoms with van der Waals surface area (Å²) in [5.74, 6) is 0. The zero-order chi connectivity index (χ0) is 11.8. The van der Waals surface area contributed by atoms with Gasteiger partial charge in [0.25, 0.3) is 5.69 Å². The first kappa shape index (κ1) is 11.6. The van der Waals surface area contributed by atoms with Gasteiger partial charge in [-0.05, 0) is 6.07 Å². The van der Waals surface area contributed by atoms with E-state index in [1.54, 1.807) is 0 Å². The fourth-order valence-corrected chi connectivity index (χ4v) is 1.27. The molecule has 0 fully saturated rings. The van der Waals surface area contributed by atoms with Crippen LogP contribution >= 0.6 is 11.6 Å². The lowest BCUT2D eigenvalue weighted by atomic mass is 10.1. The van der Waals surface area contributed by atoms with Crippen LogP contribution in [0.1, 0.15) is 5.56 Å². The fraction of sp³-hybridized carbons (Fsp3) is 0.143. The lowest BCUT2D eigenvalue weighted by Gasteiger charge is -2.10. The van der Waals surface area contributed by atoms with Crippen LogP contribution in [0, 0.1) is 10.1 Å². The summed E-state index contributed by atoms with van der Waals surface area (Å²) in [5.41, 5.74) is 2.15. The molecule has 2 N–H and O–H groups in total. The van der Waals surface area contributed by atoms with Crippen molar-refractivity contribution in [3.05, 3.63) is 32.8 Å². The molecule has 0 saturated carbocycles. The number of hydrogen-bond acceptors (Lipinski definition) is 3. The monoisotopic (exact) mass is 240 g/mol. The van der Waals surface area contributed by atoms with E-state index in [1.165, 1.54) is 0 Å². The first-order chi connectivity index (χ1) is 6.75. The summed E-state index contributed by atoms with van der Waals surface area (Å²) in [7, 11) is 0. The van der Waals surface area contributed by atoms with Gasteiger partial charge in [0.15, 0.2) is 5.56 Å². The molecule has 1 aromatic carbocycles. The standard InChI is InChI=1S/C7H4ClF3N2O2/c8-6-3(12)1-2-4(13(14)15)5(6)7(9,10)11/h1-2H,12H2. The normalized spacial score (nSPS) is 11.5. The van der Waals surface area contributed by atoms with Crippen molar-refractivity contribution in [2.45, 2.75) is 6.18 Å². The second-order valence-electron chi connectivity index (χ2n) is 2.62. The van der Waals surface area contributed by atoms with Crippen LogP contribution in [0.3, 0.4) is 0 Å². The molecule has 0 spiro atoms. The molecule has 0 aliphatic heterocycles. The second kappa shape index (κ2) is 3.58. The lowest BCUT2D eigenvalue weighted by Crippen LogP contribution is -2.11. The highest BCUT2D eigenvalue weighted by Crippen LogP contribution is 2.42. The number of benzene rings is 1. The first-order valence-corrected chi connectivity index (χ1v) is 3.92. The summed E-state index contributed by atoms with van der Waals surface area (Å²) < 4.78 is 37.2. The van der Waals surface area contributed by atoms with Crippen LogP contribution in [0.4, 0.5) is 24.5 Å². The third kappa shape index (κ3) is 2.12. The van der Waals surface area contributed by atoms with Crippen LogP contribution in [0.5, 0.6) is 0 Å². The number of rotatable bonds is 1. The predicted octanol–water partition coefficient (Wildman–Crippen LogP) is 2.85. The van der Waals surface area contributed by atoms with Gasteiger partial charge in [-0.1, -0.05) is 11.6 Å². The smallest absolute Gasteiger partial charge is 0.398 e. The van der Waals surface area contributed by atoms with Gasteiger partial charge < -0.3 is 5.73 Å². The molecule has 0 bridgehead atoms. The Balaban J connectivity index is 3.57. The summed E-state index contributed by atoms with van der Waals surface area (Å²) in [6.45, 7) is 0. The molecule has 15 heavy (non-hydrogen) atoms. The topological polar surface area (TPSA) is 69.2 Å². The number of nitro groups is 1. The third-order valence-corrected chi connectivity index (χ3v) is 2.04. The number of nitrogen functional groups attached to an aromatic ring is 1. The van der Waals surface area contributed by atoms with Crippen molar-refractivity contribution in [1.29, 1.82) is 0 Å². The van der Waals surface area contributed by atoms with Gasteiger partial charge in [0.1, 0.15) is 0 Å². The average Bonchev–Trinajstić information content (AvgIpc) is 2.06. The minimum atomic E-state index is -4.91. The number of anilines is 1. The summed E-state index contributed by atoms with van der Waals surface area (Å²) in [6.07, 6.45) is -4.91. The maximum atomic E-state index is 12.4. The van der Waals surface area contributed by atoms with Gasteiger partial charge in [-0.25, -0.2) is 0 Å². The van der Waals surface area contributed by atoms with E-state index in [2.05, 4.69) is 0 Å². The molecule has 0 saturated heterocycles. The maximum absolute atomic E-state index is 12.4. The zero-order valence-corrected chi connectivity index (χ0v) is 7.76. The van der Waals surface area contributed by atoms with Gasteiger partial charge in [-0.15, -0.1) is 0 Å². The molecule has 1 aromatic rings. The largest absolute Gasteiger partial charge is 0.424 e. The number of alkyl halides is 3. The van der Waals surface area contributed by atoms with E-state index in [1.807, 2.05) is 0 Å². The van der Waals surface area contributed by atoms with Crippen molar-refractivity contribution in [1.82, 2.24) is 0 Å². The molecule has 0 radical (unpaired) electrons. The summed E-state index contributed by atoms with van der Waals surface area (Å²) in [5, 5.41) is 9.49. The fourth-order valence-electron chi connectivity index (χ4n) is 1.00. The number of hydrogen-bond donors (Lipinski definition) is 1. The molecular weight excluding hydrogens is 237 g/mol. The molecule has 8 heteroatoms. The first-order valence-electron chi connectivity index (χ1n) is 3.54. The van der Waals surface area contributed by atoms with Crippen molar-refractivity contribution in [3.8, 4) is 0 Å². The Bertz CT molecular complexity index is 419. The second-order valence-corrected chi connectivity index (χ2v) is 3.00. The van der Waals surface area contributed by atoms with Gasteiger partial charge in [0, 0.05) is 6.07 Å². The zero-order valence-electron chi connectivity index (χ0n) is 7.01. The highest BCUT2D eigenvalue weighted by molar-refractivity contribution is 6.34. The molecule has 0 aromatic heterocycles. The minimum absolute atomic E-state index is 0.352. The van der Waals surface area contributed by atoms with Crippen LogP contribution in [0.25, 0.3) is 0 Å². The highest BCUT2D eigenvalue weighted by Gasteiger charge is 2.41. The quantitative estimate of drug-likeness (QED) is 0.466. The van der Waals surface area contributed by atoms with Crippen LogP contribution in [-0.2, 0) is 6.18 Å². The Kier molecular flexibility index (Phi) is 2.76. The van der Waals surface area contributed by atoms with Gasteiger partial charge in [-0.2, -0.15) is 13.2 Å². The Morgan fingerprint density at radius 1 is 1.40 bits per heavy atom. The van der Waals surface area contributed by atoms with Crippen LogP contribution < -0.4 is 5.73 Å². The lowest BCUT2D eigenvalue weighted by molar-refractivity contribution is -0.388. The van der Waals surface area contributed by atoms with Crippen molar-refractivity contribution < 1.29 is 18.1 Å². The molecule has 0 aliphatic rings. The number of nitrogens with two attached hydrogens (primary N) is 1. The van der Waals surface area contributed by atoms with E-state index in [0.717, 1.165) is 6.07 Å². The molecule has 0 atom stereocenters. The molecule has 0 amide bonds. The van der Waals surface area contributed by atoms with Gasteiger partial charge in [0.2, 0.25) is 0 Å². The SMILES string of the molecule is Nc1ccc([N+](=O)[O-])c(C(F)(F)F)c1Cl. The van der Waals surface area contributed by atoms with E-state index < -0.39 is 27.4 Å². The van der Waals surface area contributed by atoms with Crippen LogP contribution in [-0.4, -0.2) is 4.92 Å². The van der Waals surface area contributed by atoms with Crippen LogP contribution in [0.15, 0.2) is 12.1 Å². The van der Waals surface area contributed by atoms with Crippen molar-refractivity contribution in [2.75, 3.05) is 5.73 Å². The number of nitrogens with zero attached hydrogens (tertiary/aromatic N) is 1. The van der Waals surface area contributed by atoms with E-state index >= 15 is 0 Å². The molecule has 4 nitrogen and oxygen atoms in total. The van der Waals surface area contributed by atoms with E-state index in [0.29, 0.717) is 6.07 Å². The van der Waals surface area contributed by atoms with E-state index in [9.17, 15) is 23.3 Å². The van der Waals surface area contributed by atoms with E-state index in [4.69, 9.17) is 17.3 Å². The van der Waals surface area contributed by atoms with Crippen molar-refractivity contribution >= 4 is 23.0 Å². The number of halogens is 4. The molecule has 0 unspecified atom stereocenters.